The molecule has 0 saturated heterocycles. The van der Waals surface area contributed by atoms with E-state index in [4.69, 9.17) is 0 Å². The number of fused-ring (bicyclic) bond motifs is 1. The van der Waals surface area contributed by atoms with Crippen LogP contribution in [0.1, 0.15) is 59.7 Å². The molecule has 1 amide bonds. The summed E-state index contributed by atoms with van der Waals surface area (Å²) in [5.41, 5.74) is 6.24. The number of aromatic nitrogens is 3. The Morgan fingerprint density at radius 2 is 1.83 bits per heavy atom. The molecule has 6 nitrogen and oxygen atoms in total. The summed E-state index contributed by atoms with van der Waals surface area (Å²) in [5.74, 6) is -0.217. The highest BCUT2D eigenvalue weighted by atomic mass is 16.2. The Balaban J connectivity index is 1.56. The van der Waals surface area contributed by atoms with E-state index >= 15 is 0 Å². The Kier molecular flexibility index (Phi) is 4.81. The second-order valence-corrected chi connectivity index (χ2v) is 8.42. The lowest BCUT2D eigenvalue weighted by Crippen LogP contribution is -2.35. The van der Waals surface area contributed by atoms with Crippen molar-refractivity contribution in [1.82, 2.24) is 19.7 Å². The van der Waals surface area contributed by atoms with Gasteiger partial charge in [0.25, 0.3) is 5.56 Å². The number of amides is 1. The maximum absolute atomic E-state index is 12.9. The number of nitrogens with zero attached hydrogens (tertiary/aromatic N) is 3. The minimum absolute atomic E-state index is 0.0862. The van der Waals surface area contributed by atoms with Crippen LogP contribution in [-0.4, -0.2) is 20.3 Å². The molecule has 6 heteroatoms. The summed E-state index contributed by atoms with van der Waals surface area (Å²) in [5, 5.41) is 7.97. The van der Waals surface area contributed by atoms with Gasteiger partial charge in [-0.25, -0.2) is 4.68 Å². The maximum Gasteiger partial charge on any atom is 0.276 e. The molecule has 4 rings (SSSR count). The molecule has 3 aromatic rings. The zero-order valence-corrected chi connectivity index (χ0v) is 17.7. The first-order valence-electron chi connectivity index (χ1n) is 10.2. The van der Waals surface area contributed by atoms with E-state index in [1.807, 2.05) is 20.0 Å². The van der Waals surface area contributed by atoms with Crippen molar-refractivity contribution in [3.8, 4) is 0 Å². The maximum atomic E-state index is 12.9. The third kappa shape index (κ3) is 3.59. The van der Waals surface area contributed by atoms with Crippen molar-refractivity contribution in [2.45, 2.75) is 66.1 Å². The van der Waals surface area contributed by atoms with Crippen molar-refractivity contribution in [1.29, 1.82) is 0 Å². The highest BCUT2D eigenvalue weighted by Gasteiger charge is 2.26. The van der Waals surface area contributed by atoms with E-state index in [-0.39, 0.29) is 24.1 Å². The second kappa shape index (κ2) is 7.17. The third-order valence-electron chi connectivity index (χ3n) is 5.81. The number of carbonyl (C=O) groups excluding carboxylic acids is 1. The van der Waals surface area contributed by atoms with Crippen molar-refractivity contribution in [3.05, 3.63) is 62.7 Å². The van der Waals surface area contributed by atoms with Gasteiger partial charge in [0, 0.05) is 12.2 Å². The van der Waals surface area contributed by atoms with E-state index < -0.39 is 0 Å². The van der Waals surface area contributed by atoms with Crippen molar-refractivity contribution in [2.75, 3.05) is 0 Å². The highest BCUT2D eigenvalue weighted by molar-refractivity contribution is 5.83. The summed E-state index contributed by atoms with van der Waals surface area (Å²) in [7, 11) is 0. The lowest BCUT2D eigenvalue weighted by Gasteiger charge is -2.20. The smallest absolute Gasteiger partial charge is 0.276 e. The largest absolute Gasteiger partial charge is 0.348 e. The summed E-state index contributed by atoms with van der Waals surface area (Å²) in [6.07, 6.45) is 6.03. The standard InChI is InChI=1S/C23H28N4O2/c1-13-8-14(2)21(15(3)9-13)17(5)25-20(28)12-27-23(29)22-16(4)11-26(18-6-7-18)19(22)10-24-27/h8-11,17-18H,6-7,12H2,1-5H3,(H,25,28). The van der Waals surface area contributed by atoms with Gasteiger partial charge in [0.05, 0.1) is 23.1 Å². The molecule has 1 saturated carbocycles. The van der Waals surface area contributed by atoms with E-state index in [9.17, 15) is 9.59 Å². The molecule has 1 N–H and O–H groups in total. The Morgan fingerprint density at radius 3 is 2.45 bits per heavy atom. The molecule has 1 atom stereocenters. The Bertz CT molecular complexity index is 1140. The normalized spacial score (nSPS) is 14.9. The molecule has 0 aliphatic heterocycles. The summed E-state index contributed by atoms with van der Waals surface area (Å²) in [4.78, 5) is 25.6. The molecule has 0 spiro atoms. The number of rotatable bonds is 5. The topological polar surface area (TPSA) is 68.9 Å². The third-order valence-corrected chi connectivity index (χ3v) is 5.81. The summed E-state index contributed by atoms with van der Waals surface area (Å²) in [6.45, 7) is 10.0. The van der Waals surface area contributed by atoms with Crippen LogP contribution in [0, 0.1) is 27.7 Å². The van der Waals surface area contributed by atoms with Gasteiger partial charge in [-0.15, -0.1) is 0 Å². The fourth-order valence-electron chi connectivity index (χ4n) is 4.53. The van der Waals surface area contributed by atoms with E-state index in [1.165, 1.54) is 10.2 Å². The van der Waals surface area contributed by atoms with Gasteiger partial charge in [-0.05, 0) is 69.7 Å². The molecular formula is C23H28N4O2. The quantitative estimate of drug-likeness (QED) is 0.721. The number of hydrogen-bond donors (Lipinski definition) is 1. The first-order valence-corrected chi connectivity index (χ1v) is 10.2. The second-order valence-electron chi connectivity index (χ2n) is 8.42. The minimum atomic E-state index is -0.217. The van der Waals surface area contributed by atoms with Crippen LogP contribution in [0.4, 0.5) is 0 Å². The number of nitrogens with one attached hydrogen (secondary N) is 1. The molecule has 152 valence electrons. The van der Waals surface area contributed by atoms with Gasteiger partial charge >= 0.3 is 0 Å². The van der Waals surface area contributed by atoms with Crippen LogP contribution < -0.4 is 10.9 Å². The summed E-state index contributed by atoms with van der Waals surface area (Å²) in [6, 6.07) is 4.59. The molecule has 0 radical (unpaired) electrons. The van der Waals surface area contributed by atoms with Gasteiger partial charge in [0.15, 0.2) is 0 Å². The number of benzene rings is 1. The van der Waals surface area contributed by atoms with Gasteiger partial charge in [-0.1, -0.05) is 17.7 Å². The average molecular weight is 393 g/mol. The first kappa shape index (κ1) is 19.4. The van der Waals surface area contributed by atoms with Crippen LogP contribution in [0.15, 0.2) is 29.3 Å². The van der Waals surface area contributed by atoms with E-state index in [1.54, 1.807) is 6.20 Å². The van der Waals surface area contributed by atoms with Crippen molar-refractivity contribution < 1.29 is 4.79 Å². The van der Waals surface area contributed by atoms with Gasteiger partial charge in [-0.3, -0.25) is 9.59 Å². The molecule has 29 heavy (non-hydrogen) atoms. The molecular weight excluding hydrogens is 364 g/mol. The Hall–Kier alpha value is -2.89. The van der Waals surface area contributed by atoms with Crippen LogP contribution in [0.5, 0.6) is 0 Å². The summed E-state index contributed by atoms with van der Waals surface area (Å²) >= 11 is 0. The zero-order chi connectivity index (χ0) is 20.9. The van der Waals surface area contributed by atoms with E-state index in [2.05, 4.69) is 47.9 Å². The van der Waals surface area contributed by atoms with Crippen LogP contribution >= 0.6 is 0 Å². The minimum Gasteiger partial charge on any atom is -0.348 e. The van der Waals surface area contributed by atoms with Gasteiger partial charge < -0.3 is 9.88 Å². The fourth-order valence-corrected chi connectivity index (χ4v) is 4.53. The molecule has 1 aliphatic rings. The van der Waals surface area contributed by atoms with Crippen molar-refractivity contribution in [3.63, 3.8) is 0 Å². The number of aryl methyl sites for hydroxylation is 4. The number of carbonyl (C=O) groups is 1. The SMILES string of the molecule is Cc1cc(C)c(C(C)NC(=O)Cn2ncc3c(c(C)cn3C3CC3)c2=O)c(C)c1. The molecule has 1 fully saturated rings. The highest BCUT2D eigenvalue weighted by Crippen LogP contribution is 2.37. The van der Waals surface area contributed by atoms with E-state index in [0.717, 1.165) is 40.6 Å². The average Bonchev–Trinajstić information content (AvgIpc) is 3.40. The van der Waals surface area contributed by atoms with E-state index in [0.29, 0.717) is 11.4 Å². The Labute approximate surface area is 170 Å². The van der Waals surface area contributed by atoms with Crippen molar-refractivity contribution in [2.24, 2.45) is 0 Å². The fraction of sp³-hybridized carbons (Fsp3) is 0.435. The van der Waals surface area contributed by atoms with Gasteiger partial charge in [0.1, 0.15) is 6.54 Å². The van der Waals surface area contributed by atoms with Crippen LogP contribution in [0.2, 0.25) is 0 Å². The molecule has 0 bridgehead atoms. The lowest BCUT2D eigenvalue weighted by atomic mass is 9.95. The monoisotopic (exact) mass is 392 g/mol. The van der Waals surface area contributed by atoms with Crippen LogP contribution in [0.25, 0.3) is 10.9 Å². The lowest BCUT2D eigenvalue weighted by molar-refractivity contribution is -0.122. The molecule has 2 heterocycles. The predicted octanol–water partition coefficient (Wildman–Crippen LogP) is 3.64. The Morgan fingerprint density at radius 1 is 1.17 bits per heavy atom. The van der Waals surface area contributed by atoms with Crippen LogP contribution in [-0.2, 0) is 11.3 Å². The first-order chi connectivity index (χ1) is 13.8. The summed E-state index contributed by atoms with van der Waals surface area (Å²) < 4.78 is 3.41. The van der Waals surface area contributed by atoms with Gasteiger partial charge in [0.2, 0.25) is 5.91 Å². The van der Waals surface area contributed by atoms with Gasteiger partial charge in [-0.2, -0.15) is 5.10 Å². The predicted molar refractivity (Wildman–Crippen MR) is 114 cm³/mol. The molecule has 2 aromatic heterocycles. The zero-order valence-electron chi connectivity index (χ0n) is 17.7. The number of hydrogen-bond acceptors (Lipinski definition) is 3. The molecule has 1 aromatic carbocycles. The van der Waals surface area contributed by atoms with Crippen molar-refractivity contribution >= 4 is 16.8 Å². The molecule has 1 unspecified atom stereocenters. The molecule has 1 aliphatic carbocycles. The van der Waals surface area contributed by atoms with Crippen LogP contribution in [0.3, 0.4) is 0 Å².